The van der Waals surface area contributed by atoms with Gasteiger partial charge < -0.3 is 14.6 Å². The van der Waals surface area contributed by atoms with Gasteiger partial charge in [0.2, 0.25) is 27.3 Å². The normalized spacial score (nSPS) is 20.5. The number of aromatic nitrogens is 5. The third-order valence-electron chi connectivity index (χ3n) is 13.7. The summed E-state index contributed by atoms with van der Waals surface area (Å²) in [5, 5.41) is 14.2. The Kier molecular flexibility index (Phi) is 13.9. The summed E-state index contributed by atoms with van der Waals surface area (Å²) in [5.41, 5.74) is 9.20. The first-order chi connectivity index (χ1) is 38.0. The molecule has 4 unspecified atom stereocenters. The lowest BCUT2D eigenvalue weighted by molar-refractivity contribution is -0.642. The molecular formula is C59H47N9O6S4+2. The zero-order valence-corrected chi connectivity index (χ0v) is 45.1. The number of fused-ring (bicyclic) bond motifs is 4. The van der Waals surface area contributed by atoms with Gasteiger partial charge in [0.15, 0.2) is 5.78 Å². The minimum Gasteiger partial charge on any atom is -0.329 e. The van der Waals surface area contributed by atoms with Crippen molar-refractivity contribution in [2.45, 2.75) is 35.2 Å². The summed E-state index contributed by atoms with van der Waals surface area (Å²) < 4.78 is 8.25. The number of benzene rings is 4. The van der Waals surface area contributed by atoms with Gasteiger partial charge in [0.1, 0.15) is 29.9 Å². The summed E-state index contributed by atoms with van der Waals surface area (Å²) in [6, 6.07) is 36.6. The zero-order valence-electron chi connectivity index (χ0n) is 41.9. The summed E-state index contributed by atoms with van der Waals surface area (Å²) in [5.74, 6) is -4.52. The predicted molar refractivity (Wildman–Crippen MR) is 305 cm³/mol. The Morgan fingerprint density at radius 2 is 1.06 bits per heavy atom. The number of carbonyl (C=O) groups is 5. The highest BCUT2D eigenvalue weighted by Gasteiger charge is 2.39. The maximum atomic E-state index is 14.3. The van der Waals surface area contributed by atoms with E-state index in [0.29, 0.717) is 0 Å². The van der Waals surface area contributed by atoms with Crippen LogP contribution in [0, 0.1) is 11.8 Å². The van der Waals surface area contributed by atoms with E-state index >= 15 is 0 Å². The van der Waals surface area contributed by atoms with E-state index in [1.165, 1.54) is 37.6 Å². The van der Waals surface area contributed by atoms with Crippen LogP contribution in [0.25, 0.3) is 32.6 Å². The summed E-state index contributed by atoms with van der Waals surface area (Å²) in [6.07, 6.45) is 26.2. The number of hydrogen-bond acceptors (Lipinski definition) is 14. The number of amides is 3. The molecule has 0 saturated heterocycles. The Bertz CT molecular complexity index is 3680. The fourth-order valence-electron chi connectivity index (χ4n) is 10.0. The number of anilines is 2. The van der Waals surface area contributed by atoms with Gasteiger partial charge in [-0.3, -0.25) is 24.6 Å². The Morgan fingerprint density at radius 3 is 1.54 bits per heavy atom. The molecule has 4 aromatic carbocycles. The van der Waals surface area contributed by atoms with E-state index in [2.05, 4.69) is 160 Å². The van der Waals surface area contributed by atoms with Crippen LogP contribution in [0.3, 0.4) is 0 Å². The Labute approximate surface area is 464 Å². The highest BCUT2D eigenvalue weighted by atomic mass is 32.2. The molecule has 0 fully saturated rings. The second-order valence-electron chi connectivity index (χ2n) is 18.7. The van der Waals surface area contributed by atoms with Crippen LogP contribution in [0.1, 0.15) is 22.9 Å². The first-order valence-corrected chi connectivity index (χ1v) is 28.2. The number of para-hydroxylation sites is 4. The van der Waals surface area contributed by atoms with Crippen LogP contribution in [0.5, 0.6) is 0 Å². The molecule has 2 aliphatic carbocycles. The van der Waals surface area contributed by atoms with E-state index in [0.717, 1.165) is 65.8 Å². The van der Waals surface area contributed by atoms with E-state index < -0.39 is 42.3 Å². The van der Waals surface area contributed by atoms with Crippen molar-refractivity contribution in [1.82, 2.24) is 19.9 Å². The first kappa shape index (κ1) is 50.3. The van der Waals surface area contributed by atoms with Crippen molar-refractivity contribution in [3.8, 4) is 0 Å². The number of imide groups is 1. The number of nitrogens with zero attached hydrogens (tertiary/aromatic N) is 8. The molecule has 3 amide bonds. The first-order valence-electron chi connectivity index (χ1n) is 24.9. The molecule has 1 N–H and O–H groups in total. The molecule has 7 aromatic rings. The van der Waals surface area contributed by atoms with Crippen LogP contribution in [0.2, 0.25) is 0 Å². The zero-order chi connectivity index (χ0) is 53.4. The monoisotopic (exact) mass is 1110 g/mol. The minimum atomic E-state index is -1.17. The van der Waals surface area contributed by atoms with Gasteiger partial charge >= 0.3 is 5.97 Å². The molecule has 3 aromatic heterocycles. The summed E-state index contributed by atoms with van der Waals surface area (Å²) in [4.78, 5) is 74.2. The summed E-state index contributed by atoms with van der Waals surface area (Å²) in [7, 11) is 4.15. The van der Waals surface area contributed by atoms with E-state index in [9.17, 15) is 24.0 Å². The largest absolute Gasteiger partial charge is 0.340 e. The molecule has 12 rings (SSSR count). The number of carbonyl (C=O) groups excluding carboxylic acids is 5. The van der Waals surface area contributed by atoms with Crippen LogP contribution in [0.15, 0.2) is 214 Å². The second-order valence-corrected chi connectivity index (χ2v) is 22.8. The number of hydroxylamine groups is 2. The van der Waals surface area contributed by atoms with Crippen molar-refractivity contribution < 1.29 is 37.9 Å². The van der Waals surface area contributed by atoms with Gasteiger partial charge in [-0.25, -0.2) is 9.47 Å². The number of aryl methyl sites for hydroxylation is 2. The fourth-order valence-corrected chi connectivity index (χ4v) is 14.4. The number of rotatable bonds is 14. The van der Waals surface area contributed by atoms with Gasteiger partial charge in [-0.2, -0.15) is 9.13 Å². The number of thiazole rings is 2. The number of hydrogen-bond donors (Lipinski definition) is 1. The van der Waals surface area contributed by atoms with Crippen LogP contribution in [0.4, 0.5) is 11.4 Å². The van der Waals surface area contributed by atoms with E-state index in [4.69, 9.17) is 15.0 Å². The van der Waals surface area contributed by atoms with E-state index in [1.54, 1.807) is 22.7 Å². The molecule has 0 saturated carbocycles. The van der Waals surface area contributed by atoms with Gasteiger partial charge in [-0.05, 0) is 83.2 Å². The maximum Gasteiger partial charge on any atom is 0.340 e. The molecule has 386 valence electrons. The molecular weight excluding hydrogens is 1060 g/mol. The Balaban J connectivity index is 0.958. The van der Waals surface area contributed by atoms with Gasteiger partial charge in [-0.1, -0.05) is 137 Å². The summed E-state index contributed by atoms with van der Waals surface area (Å²) in [6.45, 7) is 0. The number of allylic oxidation sites excluding steroid dienone is 6. The molecule has 0 radical (unpaired) electrons. The number of thioether (sulfide) groups is 2. The van der Waals surface area contributed by atoms with Gasteiger partial charge in [-0.15, -0.1) is 10.2 Å². The van der Waals surface area contributed by atoms with Crippen molar-refractivity contribution in [2.24, 2.45) is 25.9 Å². The highest BCUT2D eigenvalue weighted by molar-refractivity contribution is 8.03. The topological polar surface area (TPSA) is 155 Å². The van der Waals surface area contributed by atoms with Gasteiger partial charge in [0, 0.05) is 59.6 Å². The van der Waals surface area contributed by atoms with Gasteiger partial charge in [0.25, 0.3) is 21.8 Å². The molecule has 6 heterocycles. The van der Waals surface area contributed by atoms with Crippen LogP contribution < -0.4 is 24.4 Å². The fraction of sp³-hybridized carbons (Fsp3) is 0.136. The number of ketones is 1. The lowest BCUT2D eigenvalue weighted by Crippen LogP contribution is -2.42. The van der Waals surface area contributed by atoms with E-state index in [-0.39, 0.29) is 39.3 Å². The highest BCUT2D eigenvalue weighted by Crippen LogP contribution is 2.47. The van der Waals surface area contributed by atoms with Crippen molar-refractivity contribution in [3.05, 3.63) is 213 Å². The van der Waals surface area contributed by atoms with Crippen molar-refractivity contribution in [3.63, 3.8) is 0 Å². The predicted octanol–water partition coefficient (Wildman–Crippen LogP) is 9.46. The SMILES string of the molecule is C[n+]1c(/C=C2\C=C(Sc3nnc(SC4=C/C(=C\c5sc6ccccc6[n+]5C)C5C=CC=CC5N4c4ccccc4)n3NC(=O)CC(=O)CC(=O)ON3C(=O)C=CC3=O)N(c3ccccc3)C3C=CC=CC23)sc2ccccc21. The Hall–Kier alpha value is -8.49. The van der Waals surface area contributed by atoms with Crippen LogP contribution in [-0.4, -0.2) is 61.5 Å². The molecule has 5 aliphatic rings. The molecule has 78 heavy (non-hydrogen) atoms. The lowest BCUT2D eigenvalue weighted by Gasteiger charge is -2.42. The molecule has 15 nitrogen and oxygen atoms in total. The number of nitrogens with one attached hydrogen (secondary N) is 1. The summed E-state index contributed by atoms with van der Waals surface area (Å²) >= 11 is 6.06. The Morgan fingerprint density at radius 1 is 0.615 bits per heavy atom. The average molecular weight is 1110 g/mol. The van der Waals surface area contributed by atoms with Crippen LogP contribution in [-0.2, 0) is 42.9 Å². The standard InChI is InChI=1S/C59H46N9O6S4/c1-63-46-25-13-15-27-48(46)75-53(63)31-37-33-55(65(39-17-5-3-6-18-39)44-23-11-9-21-42(37)44)77-58-60-61-59(67(58)62-50(70)35-41(69)36-57(73)74-68-51(71)29-30-52(68)72)78-56-34-38(32-54-64(2)47-26-14-16-28-49(47)76-54)43-22-10-12-24-45(43)66(56)40-19-7-4-8-20-40/h3-34,42-45H,35-36H2,1-2H3/q+1/p+1. The van der Waals surface area contributed by atoms with Crippen molar-refractivity contribution in [2.75, 3.05) is 15.2 Å². The lowest BCUT2D eigenvalue weighted by atomic mass is 9.84. The number of Topliss-reactive ketones (excluding diaryl/α,β-unsaturated/α-hetero) is 1. The smallest absolute Gasteiger partial charge is 0.329 e. The molecule has 0 spiro atoms. The van der Waals surface area contributed by atoms with Gasteiger partial charge in [0.05, 0.1) is 28.6 Å². The molecule has 4 atom stereocenters. The molecule has 3 aliphatic heterocycles. The van der Waals surface area contributed by atoms with Crippen molar-refractivity contribution >= 4 is 120 Å². The average Bonchev–Trinajstić information content (AvgIpc) is 4.30. The maximum absolute atomic E-state index is 14.3. The van der Waals surface area contributed by atoms with Crippen LogP contribution >= 0.6 is 46.2 Å². The van der Waals surface area contributed by atoms with E-state index in [1.807, 2.05) is 60.7 Å². The third kappa shape index (κ3) is 9.92. The minimum absolute atomic E-state index is 0.0316. The molecule has 0 bridgehead atoms. The molecule has 19 heteroatoms. The van der Waals surface area contributed by atoms with Crippen molar-refractivity contribution in [1.29, 1.82) is 0 Å². The second kappa shape index (κ2) is 21.5. The quantitative estimate of drug-likeness (QED) is 0.0627. The third-order valence-corrected chi connectivity index (χ3v) is 18.0.